The first-order valence-electron chi connectivity index (χ1n) is 3.60. The SMILES string of the molecule is C=C(C)CC(=O)COCCN. The summed E-state index contributed by atoms with van der Waals surface area (Å²) in [4.78, 5) is 10.9. The van der Waals surface area contributed by atoms with E-state index in [1.54, 1.807) is 0 Å². The largest absolute Gasteiger partial charge is 0.372 e. The summed E-state index contributed by atoms with van der Waals surface area (Å²) in [5.74, 6) is 0.0611. The van der Waals surface area contributed by atoms with Crippen LogP contribution in [-0.4, -0.2) is 25.5 Å². The molecule has 64 valence electrons. The molecule has 0 fully saturated rings. The second-order valence-corrected chi connectivity index (χ2v) is 2.51. The first-order valence-corrected chi connectivity index (χ1v) is 3.60. The van der Waals surface area contributed by atoms with E-state index in [0.717, 1.165) is 5.57 Å². The van der Waals surface area contributed by atoms with Crippen LogP contribution in [0.4, 0.5) is 0 Å². The highest BCUT2D eigenvalue weighted by Gasteiger charge is 2.00. The van der Waals surface area contributed by atoms with Crippen molar-refractivity contribution in [2.75, 3.05) is 19.8 Å². The van der Waals surface area contributed by atoms with E-state index in [-0.39, 0.29) is 12.4 Å². The number of hydrogen-bond acceptors (Lipinski definition) is 3. The maximum absolute atomic E-state index is 10.9. The molecule has 0 saturated carbocycles. The minimum absolute atomic E-state index is 0.0611. The summed E-state index contributed by atoms with van der Waals surface area (Å²) in [5.41, 5.74) is 6.03. The standard InChI is InChI=1S/C8H15NO2/c1-7(2)5-8(10)6-11-4-3-9/h1,3-6,9H2,2H3. The zero-order valence-electron chi connectivity index (χ0n) is 6.93. The summed E-state index contributed by atoms with van der Waals surface area (Å²) in [5, 5.41) is 0. The summed E-state index contributed by atoms with van der Waals surface area (Å²) in [7, 11) is 0. The predicted molar refractivity (Wildman–Crippen MR) is 44.3 cm³/mol. The van der Waals surface area contributed by atoms with Crippen LogP contribution in [0.15, 0.2) is 12.2 Å². The van der Waals surface area contributed by atoms with E-state index in [1.807, 2.05) is 6.92 Å². The predicted octanol–water partition coefficient (Wildman–Crippen LogP) is 0.497. The second-order valence-electron chi connectivity index (χ2n) is 2.51. The molecular formula is C8H15NO2. The number of carbonyl (C=O) groups excluding carboxylic acids is 1. The van der Waals surface area contributed by atoms with Gasteiger partial charge >= 0.3 is 0 Å². The van der Waals surface area contributed by atoms with Gasteiger partial charge in [-0.2, -0.15) is 0 Å². The van der Waals surface area contributed by atoms with Crippen molar-refractivity contribution >= 4 is 5.78 Å². The lowest BCUT2D eigenvalue weighted by Gasteiger charge is -2.00. The Labute approximate surface area is 67.2 Å². The molecule has 3 heteroatoms. The van der Waals surface area contributed by atoms with Gasteiger partial charge in [0.05, 0.1) is 6.61 Å². The summed E-state index contributed by atoms with van der Waals surface area (Å²) >= 11 is 0. The van der Waals surface area contributed by atoms with Crippen LogP contribution in [0.3, 0.4) is 0 Å². The van der Waals surface area contributed by atoms with Crippen molar-refractivity contribution in [1.29, 1.82) is 0 Å². The minimum atomic E-state index is 0.0611. The van der Waals surface area contributed by atoms with Gasteiger partial charge in [0, 0.05) is 13.0 Å². The average molecular weight is 157 g/mol. The van der Waals surface area contributed by atoms with E-state index >= 15 is 0 Å². The fourth-order valence-electron chi connectivity index (χ4n) is 0.657. The van der Waals surface area contributed by atoms with Gasteiger partial charge in [-0.25, -0.2) is 0 Å². The normalized spacial score (nSPS) is 9.64. The summed E-state index contributed by atoms with van der Waals surface area (Å²) < 4.78 is 4.93. The lowest BCUT2D eigenvalue weighted by Crippen LogP contribution is -2.14. The summed E-state index contributed by atoms with van der Waals surface area (Å²) in [6.07, 6.45) is 0.407. The Morgan fingerprint density at radius 3 is 2.73 bits per heavy atom. The molecule has 0 saturated heterocycles. The molecule has 0 aliphatic heterocycles. The molecule has 0 rings (SSSR count). The Bertz CT molecular complexity index is 143. The van der Waals surface area contributed by atoms with E-state index in [4.69, 9.17) is 10.5 Å². The highest BCUT2D eigenvalue weighted by Crippen LogP contribution is 1.96. The smallest absolute Gasteiger partial charge is 0.162 e. The molecule has 0 radical (unpaired) electrons. The van der Waals surface area contributed by atoms with Crippen LogP contribution < -0.4 is 5.73 Å². The third-order valence-corrected chi connectivity index (χ3v) is 1.02. The highest BCUT2D eigenvalue weighted by molar-refractivity contribution is 5.81. The van der Waals surface area contributed by atoms with Crippen molar-refractivity contribution in [2.24, 2.45) is 5.73 Å². The van der Waals surface area contributed by atoms with E-state index in [2.05, 4.69) is 6.58 Å². The van der Waals surface area contributed by atoms with Crippen molar-refractivity contribution in [1.82, 2.24) is 0 Å². The number of nitrogens with two attached hydrogens (primary N) is 1. The molecular weight excluding hydrogens is 142 g/mol. The zero-order valence-corrected chi connectivity index (χ0v) is 6.93. The van der Waals surface area contributed by atoms with Crippen molar-refractivity contribution in [2.45, 2.75) is 13.3 Å². The second kappa shape index (κ2) is 6.07. The van der Waals surface area contributed by atoms with Gasteiger partial charge in [0.1, 0.15) is 6.61 Å². The molecule has 0 aromatic carbocycles. The van der Waals surface area contributed by atoms with Crippen LogP contribution in [0.5, 0.6) is 0 Å². The van der Waals surface area contributed by atoms with Gasteiger partial charge in [-0.05, 0) is 6.92 Å². The maximum atomic E-state index is 10.9. The Morgan fingerprint density at radius 2 is 2.27 bits per heavy atom. The Balaban J connectivity index is 3.30. The topological polar surface area (TPSA) is 52.3 Å². The van der Waals surface area contributed by atoms with Gasteiger partial charge in [-0.1, -0.05) is 12.2 Å². The number of ether oxygens (including phenoxy) is 1. The van der Waals surface area contributed by atoms with Gasteiger partial charge in [-0.3, -0.25) is 4.79 Å². The Morgan fingerprint density at radius 1 is 1.64 bits per heavy atom. The number of hydrogen-bond donors (Lipinski definition) is 1. The molecule has 11 heavy (non-hydrogen) atoms. The lowest BCUT2D eigenvalue weighted by molar-refractivity contribution is -0.122. The van der Waals surface area contributed by atoms with Crippen molar-refractivity contribution in [3.05, 3.63) is 12.2 Å². The van der Waals surface area contributed by atoms with Gasteiger partial charge in [0.25, 0.3) is 0 Å². The molecule has 0 aromatic heterocycles. The third-order valence-electron chi connectivity index (χ3n) is 1.02. The lowest BCUT2D eigenvalue weighted by atomic mass is 10.2. The van der Waals surface area contributed by atoms with Gasteiger partial charge in [0.15, 0.2) is 5.78 Å². The molecule has 2 N–H and O–H groups in total. The molecule has 0 spiro atoms. The molecule has 0 amide bonds. The fourth-order valence-corrected chi connectivity index (χ4v) is 0.657. The van der Waals surface area contributed by atoms with E-state index < -0.39 is 0 Å². The number of ketones is 1. The van der Waals surface area contributed by atoms with Crippen LogP contribution >= 0.6 is 0 Å². The average Bonchev–Trinajstić information content (AvgIpc) is 1.86. The van der Waals surface area contributed by atoms with Gasteiger partial charge in [-0.15, -0.1) is 0 Å². The van der Waals surface area contributed by atoms with Crippen molar-refractivity contribution < 1.29 is 9.53 Å². The van der Waals surface area contributed by atoms with E-state index in [9.17, 15) is 4.79 Å². The van der Waals surface area contributed by atoms with Crippen molar-refractivity contribution in [3.63, 3.8) is 0 Å². The van der Waals surface area contributed by atoms with E-state index in [0.29, 0.717) is 19.6 Å². The minimum Gasteiger partial charge on any atom is -0.372 e. The van der Waals surface area contributed by atoms with Crippen molar-refractivity contribution in [3.8, 4) is 0 Å². The van der Waals surface area contributed by atoms with Crippen LogP contribution in [0.25, 0.3) is 0 Å². The van der Waals surface area contributed by atoms with E-state index in [1.165, 1.54) is 0 Å². The Hall–Kier alpha value is -0.670. The van der Waals surface area contributed by atoms with Crippen LogP contribution in [0, 0.1) is 0 Å². The molecule has 0 bridgehead atoms. The molecule has 0 aliphatic rings. The number of carbonyl (C=O) groups is 1. The summed E-state index contributed by atoms with van der Waals surface area (Å²) in [6.45, 7) is 6.50. The van der Waals surface area contributed by atoms with Gasteiger partial charge in [0.2, 0.25) is 0 Å². The fraction of sp³-hybridized carbons (Fsp3) is 0.625. The van der Waals surface area contributed by atoms with Crippen LogP contribution in [0.1, 0.15) is 13.3 Å². The molecule has 0 unspecified atom stereocenters. The Kier molecular flexibility index (Phi) is 5.70. The first-order chi connectivity index (χ1) is 5.16. The maximum Gasteiger partial charge on any atom is 0.162 e. The van der Waals surface area contributed by atoms with Crippen LogP contribution in [0.2, 0.25) is 0 Å². The zero-order chi connectivity index (χ0) is 8.69. The monoisotopic (exact) mass is 157 g/mol. The number of allylic oxidation sites excluding steroid dienone is 1. The molecule has 0 heterocycles. The van der Waals surface area contributed by atoms with Gasteiger partial charge < -0.3 is 10.5 Å². The number of rotatable bonds is 6. The molecule has 0 aliphatic carbocycles. The number of Topliss-reactive ketones (excluding diaryl/α,β-unsaturated/α-hetero) is 1. The third kappa shape index (κ3) is 7.22. The summed E-state index contributed by atoms with van der Waals surface area (Å²) in [6, 6.07) is 0. The highest BCUT2D eigenvalue weighted by atomic mass is 16.5. The molecule has 0 aromatic rings. The first kappa shape index (κ1) is 10.3. The quantitative estimate of drug-likeness (QED) is 0.451. The molecule has 3 nitrogen and oxygen atoms in total. The van der Waals surface area contributed by atoms with Crippen LogP contribution in [-0.2, 0) is 9.53 Å². The molecule has 0 atom stereocenters.